The zero-order valence-electron chi connectivity index (χ0n) is 13.1. The first kappa shape index (κ1) is 21.2. The number of halogens is 4. The molecule has 0 bridgehead atoms. The third-order valence-electron chi connectivity index (χ3n) is 4.22. The number of benzene rings is 1. The molecule has 138 valence electrons. The Labute approximate surface area is 146 Å². The Bertz CT molecular complexity index is 632. The van der Waals surface area contributed by atoms with E-state index in [0.29, 0.717) is 0 Å². The predicted octanol–water partition coefficient (Wildman–Crippen LogP) is 3.06. The summed E-state index contributed by atoms with van der Waals surface area (Å²) in [4.78, 5) is 0. The largest absolute Gasteiger partial charge is 0.416 e. The molecule has 1 unspecified atom stereocenters. The summed E-state index contributed by atoms with van der Waals surface area (Å²) >= 11 is 0. The van der Waals surface area contributed by atoms with Crippen molar-refractivity contribution in [3.63, 3.8) is 0 Å². The van der Waals surface area contributed by atoms with Gasteiger partial charge in [0.1, 0.15) is 0 Å². The molecule has 0 amide bonds. The first-order chi connectivity index (χ1) is 10.7. The Morgan fingerprint density at radius 3 is 2.33 bits per heavy atom. The van der Waals surface area contributed by atoms with Crippen LogP contribution in [0.3, 0.4) is 0 Å². The Balaban J connectivity index is 0.00000288. The van der Waals surface area contributed by atoms with Gasteiger partial charge in [0.25, 0.3) is 0 Å². The minimum absolute atomic E-state index is 0. The van der Waals surface area contributed by atoms with Gasteiger partial charge in [-0.2, -0.15) is 13.2 Å². The second-order valence-corrected chi connectivity index (χ2v) is 7.67. The molecule has 1 aliphatic rings. The lowest BCUT2D eigenvalue weighted by molar-refractivity contribution is -0.138. The summed E-state index contributed by atoms with van der Waals surface area (Å²) in [6.07, 6.45) is -0.739. The monoisotopic (exact) mass is 386 g/mol. The summed E-state index contributed by atoms with van der Waals surface area (Å²) in [7, 11) is -3.90. The van der Waals surface area contributed by atoms with Crippen LogP contribution in [-0.2, 0) is 22.0 Å². The molecule has 0 heterocycles. The SMILES string of the molecule is Cl.NCC(NS(=O)(=O)Cc1ccccc1C(F)(F)F)C1CCCC1. The van der Waals surface area contributed by atoms with E-state index in [-0.39, 0.29) is 30.4 Å². The Morgan fingerprint density at radius 2 is 1.79 bits per heavy atom. The number of rotatable bonds is 6. The summed E-state index contributed by atoms with van der Waals surface area (Å²) in [5.74, 6) is -0.543. The molecule has 0 aliphatic heterocycles. The number of alkyl halides is 3. The van der Waals surface area contributed by atoms with Crippen molar-refractivity contribution in [2.24, 2.45) is 11.7 Å². The maximum atomic E-state index is 13.0. The fourth-order valence-corrected chi connectivity index (χ4v) is 4.59. The molecule has 1 atom stereocenters. The second-order valence-electron chi connectivity index (χ2n) is 5.92. The van der Waals surface area contributed by atoms with Gasteiger partial charge in [-0.1, -0.05) is 31.0 Å². The summed E-state index contributed by atoms with van der Waals surface area (Å²) in [6.45, 7) is 0.144. The number of sulfonamides is 1. The van der Waals surface area contributed by atoms with Crippen LogP contribution in [0.15, 0.2) is 24.3 Å². The van der Waals surface area contributed by atoms with Crippen molar-refractivity contribution in [1.29, 1.82) is 0 Å². The van der Waals surface area contributed by atoms with Gasteiger partial charge in [-0.15, -0.1) is 12.4 Å². The number of hydrogen-bond acceptors (Lipinski definition) is 3. The van der Waals surface area contributed by atoms with Gasteiger partial charge in [0.2, 0.25) is 10.0 Å². The van der Waals surface area contributed by atoms with E-state index < -0.39 is 33.6 Å². The first-order valence-corrected chi connectivity index (χ1v) is 9.23. The van der Waals surface area contributed by atoms with E-state index in [1.165, 1.54) is 18.2 Å². The molecule has 1 aromatic carbocycles. The van der Waals surface area contributed by atoms with E-state index >= 15 is 0 Å². The fraction of sp³-hybridized carbons (Fsp3) is 0.600. The molecule has 0 saturated heterocycles. The number of nitrogens with two attached hydrogens (primary N) is 1. The highest BCUT2D eigenvalue weighted by atomic mass is 35.5. The molecule has 4 nitrogen and oxygen atoms in total. The summed E-state index contributed by atoms with van der Waals surface area (Å²) in [5, 5.41) is 0. The molecule has 9 heteroatoms. The molecule has 2 rings (SSSR count). The van der Waals surface area contributed by atoms with Crippen LogP contribution in [0.25, 0.3) is 0 Å². The Kier molecular flexibility index (Phi) is 7.52. The zero-order valence-corrected chi connectivity index (χ0v) is 14.7. The summed E-state index contributed by atoms with van der Waals surface area (Å²) in [6, 6.07) is 4.31. The number of hydrogen-bond donors (Lipinski definition) is 2. The molecule has 1 saturated carbocycles. The number of nitrogens with one attached hydrogen (secondary N) is 1. The lowest BCUT2D eigenvalue weighted by Gasteiger charge is -2.23. The van der Waals surface area contributed by atoms with Gasteiger partial charge in [0, 0.05) is 12.6 Å². The van der Waals surface area contributed by atoms with Gasteiger partial charge >= 0.3 is 6.18 Å². The van der Waals surface area contributed by atoms with E-state index in [9.17, 15) is 21.6 Å². The van der Waals surface area contributed by atoms with Crippen molar-refractivity contribution in [3.8, 4) is 0 Å². The summed E-state index contributed by atoms with van der Waals surface area (Å²) < 4.78 is 65.9. The summed E-state index contributed by atoms with van der Waals surface area (Å²) in [5.41, 5.74) is 4.47. The Morgan fingerprint density at radius 1 is 1.21 bits per heavy atom. The minimum atomic E-state index is -4.58. The maximum Gasteiger partial charge on any atom is 0.416 e. The van der Waals surface area contributed by atoms with E-state index in [0.717, 1.165) is 31.7 Å². The van der Waals surface area contributed by atoms with Crippen molar-refractivity contribution in [3.05, 3.63) is 35.4 Å². The molecule has 1 aliphatic carbocycles. The third kappa shape index (κ3) is 5.61. The van der Waals surface area contributed by atoms with Gasteiger partial charge in [-0.25, -0.2) is 13.1 Å². The molecular weight excluding hydrogens is 365 g/mol. The minimum Gasteiger partial charge on any atom is -0.329 e. The van der Waals surface area contributed by atoms with Crippen LogP contribution in [0.2, 0.25) is 0 Å². The van der Waals surface area contributed by atoms with Gasteiger partial charge in [-0.05, 0) is 30.4 Å². The van der Waals surface area contributed by atoms with Gasteiger partial charge in [-0.3, -0.25) is 0 Å². The van der Waals surface area contributed by atoms with E-state index in [1.54, 1.807) is 0 Å². The van der Waals surface area contributed by atoms with E-state index in [1.807, 2.05) is 0 Å². The molecule has 0 spiro atoms. The molecule has 0 radical (unpaired) electrons. The molecule has 24 heavy (non-hydrogen) atoms. The van der Waals surface area contributed by atoms with Crippen LogP contribution < -0.4 is 10.5 Å². The van der Waals surface area contributed by atoms with Crippen molar-refractivity contribution in [2.45, 2.75) is 43.7 Å². The van der Waals surface area contributed by atoms with Crippen LogP contribution in [0.5, 0.6) is 0 Å². The smallest absolute Gasteiger partial charge is 0.329 e. The van der Waals surface area contributed by atoms with Crippen LogP contribution in [0.1, 0.15) is 36.8 Å². The van der Waals surface area contributed by atoms with E-state index in [4.69, 9.17) is 5.73 Å². The van der Waals surface area contributed by atoms with Gasteiger partial charge in [0.05, 0.1) is 11.3 Å². The maximum absolute atomic E-state index is 13.0. The van der Waals surface area contributed by atoms with Crippen molar-refractivity contribution in [1.82, 2.24) is 4.72 Å². The molecule has 0 aromatic heterocycles. The van der Waals surface area contributed by atoms with E-state index in [2.05, 4.69) is 4.72 Å². The standard InChI is InChI=1S/C15H21F3N2O2S.ClH/c16-15(17,18)13-8-4-3-7-12(13)10-23(21,22)20-14(9-19)11-5-1-2-6-11;/h3-4,7-8,11,14,20H,1-2,5-6,9-10,19H2;1H. The quantitative estimate of drug-likeness (QED) is 0.789. The molecule has 1 fully saturated rings. The second kappa shape index (κ2) is 8.51. The highest BCUT2D eigenvalue weighted by Gasteiger charge is 2.35. The fourth-order valence-electron chi connectivity index (χ4n) is 3.10. The highest BCUT2D eigenvalue weighted by molar-refractivity contribution is 7.88. The average Bonchev–Trinajstić information content (AvgIpc) is 2.98. The molecular formula is C15H22ClF3N2O2S. The topological polar surface area (TPSA) is 72.2 Å². The van der Waals surface area contributed by atoms with Crippen LogP contribution in [-0.4, -0.2) is 21.0 Å². The van der Waals surface area contributed by atoms with Crippen LogP contribution >= 0.6 is 12.4 Å². The lowest BCUT2D eigenvalue weighted by Crippen LogP contribution is -2.45. The highest BCUT2D eigenvalue weighted by Crippen LogP contribution is 2.33. The third-order valence-corrected chi connectivity index (χ3v) is 5.57. The lowest BCUT2D eigenvalue weighted by atomic mass is 9.99. The average molecular weight is 387 g/mol. The van der Waals surface area contributed by atoms with Crippen molar-refractivity contribution in [2.75, 3.05) is 6.54 Å². The predicted molar refractivity (Wildman–Crippen MR) is 89.3 cm³/mol. The molecule has 3 N–H and O–H groups in total. The van der Waals surface area contributed by atoms with Crippen molar-refractivity contribution >= 4 is 22.4 Å². The Hall–Kier alpha value is -0.830. The van der Waals surface area contributed by atoms with Crippen LogP contribution in [0, 0.1) is 5.92 Å². The van der Waals surface area contributed by atoms with Gasteiger partial charge < -0.3 is 5.73 Å². The zero-order chi connectivity index (χ0) is 17.1. The molecule has 1 aromatic rings. The van der Waals surface area contributed by atoms with Crippen LogP contribution in [0.4, 0.5) is 13.2 Å². The normalized spacial score (nSPS) is 17.5. The first-order valence-electron chi connectivity index (χ1n) is 7.58. The van der Waals surface area contributed by atoms with Crippen molar-refractivity contribution < 1.29 is 21.6 Å². The van der Waals surface area contributed by atoms with Gasteiger partial charge in [0.15, 0.2) is 0 Å².